The minimum atomic E-state index is -1.93. The van der Waals surface area contributed by atoms with Crippen LogP contribution in [0.25, 0.3) is 38.7 Å². The molecule has 1 atom stereocenters. The maximum absolute atomic E-state index is 12.1. The van der Waals surface area contributed by atoms with Crippen molar-refractivity contribution in [2.24, 2.45) is 5.14 Å². The van der Waals surface area contributed by atoms with E-state index in [1.54, 1.807) is 0 Å². The number of fused-ring (bicyclic) bond motifs is 2. The minimum Gasteiger partial charge on any atom is -0.306 e. The number of likely N-dealkylation sites (tertiary alicyclic amines) is 1. The molecule has 1 aliphatic rings. The summed E-state index contributed by atoms with van der Waals surface area (Å²) in [7, 11) is 0.270. The van der Waals surface area contributed by atoms with Gasteiger partial charge >= 0.3 is 0 Å². The predicted molar refractivity (Wildman–Crippen MR) is 143 cm³/mol. The third kappa shape index (κ3) is 4.05. The summed E-state index contributed by atoms with van der Waals surface area (Å²) in [6.45, 7) is 2.33. The first-order valence-corrected chi connectivity index (χ1v) is 13.3. The maximum Gasteiger partial charge on any atom is 0.182 e. The molecule has 2 N–H and O–H groups in total. The zero-order valence-corrected chi connectivity index (χ0v) is 20.5. The first kappa shape index (κ1) is 22.1. The van der Waals surface area contributed by atoms with Crippen LogP contribution >= 0.6 is 0 Å². The van der Waals surface area contributed by atoms with Gasteiger partial charge in [0.2, 0.25) is 0 Å². The van der Waals surface area contributed by atoms with Crippen molar-refractivity contribution in [3.05, 3.63) is 84.8 Å². The van der Waals surface area contributed by atoms with Gasteiger partial charge in [0.05, 0.1) is 6.20 Å². The van der Waals surface area contributed by atoms with Crippen molar-refractivity contribution in [1.29, 1.82) is 0 Å². The van der Waals surface area contributed by atoms with Gasteiger partial charge in [-0.25, -0.2) is 9.50 Å². The summed E-state index contributed by atoms with van der Waals surface area (Å²) >= 11 is 0. The molecular formula is C28H28N5OS+. The van der Waals surface area contributed by atoms with E-state index in [4.69, 9.17) is 10.1 Å². The van der Waals surface area contributed by atoms with Crippen LogP contribution in [0, 0.1) is 0 Å². The summed E-state index contributed by atoms with van der Waals surface area (Å²) in [5.74, 6) is 0.646. The van der Waals surface area contributed by atoms with E-state index in [1.807, 2.05) is 59.5 Å². The van der Waals surface area contributed by atoms with E-state index < -0.39 is 11.0 Å². The van der Waals surface area contributed by atoms with Crippen LogP contribution in [-0.2, 0) is 15.2 Å². The summed E-state index contributed by atoms with van der Waals surface area (Å²) < 4.78 is 13.9. The second kappa shape index (κ2) is 9.00. The highest BCUT2D eigenvalue weighted by Gasteiger charge is 2.19. The largest absolute Gasteiger partial charge is 0.306 e. The molecule has 0 radical (unpaired) electrons. The van der Waals surface area contributed by atoms with Gasteiger partial charge in [-0.05, 0) is 79.2 Å². The van der Waals surface area contributed by atoms with Crippen LogP contribution in [0.15, 0.2) is 84.1 Å². The van der Waals surface area contributed by atoms with E-state index in [0.717, 1.165) is 51.8 Å². The first-order valence-electron chi connectivity index (χ1n) is 11.9. The highest BCUT2D eigenvalue weighted by atomic mass is 32.2. The Morgan fingerprint density at radius 3 is 2.37 bits per heavy atom. The van der Waals surface area contributed by atoms with Gasteiger partial charge in [0.25, 0.3) is 0 Å². The van der Waals surface area contributed by atoms with E-state index >= 15 is 0 Å². The summed E-state index contributed by atoms with van der Waals surface area (Å²) in [5, 5.41) is 12.2. The molecule has 6 nitrogen and oxygen atoms in total. The van der Waals surface area contributed by atoms with Crippen molar-refractivity contribution >= 4 is 27.4 Å². The van der Waals surface area contributed by atoms with E-state index in [0.29, 0.717) is 10.8 Å². The van der Waals surface area contributed by atoms with Crippen LogP contribution < -0.4 is 5.14 Å². The van der Waals surface area contributed by atoms with Crippen molar-refractivity contribution in [3.63, 3.8) is 0 Å². The molecular weight excluding hydrogens is 454 g/mol. The van der Waals surface area contributed by atoms with E-state index in [9.17, 15) is 4.21 Å². The van der Waals surface area contributed by atoms with Crippen molar-refractivity contribution in [2.75, 3.05) is 20.1 Å². The van der Waals surface area contributed by atoms with Crippen molar-refractivity contribution < 1.29 is 4.21 Å². The summed E-state index contributed by atoms with van der Waals surface area (Å²) in [6, 6.07) is 20.6. The molecule has 1 unspecified atom stereocenters. The van der Waals surface area contributed by atoms with E-state index in [-0.39, 0.29) is 0 Å². The Balaban J connectivity index is 1.34. The van der Waals surface area contributed by atoms with Crippen molar-refractivity contribution in [2.45, 2.75) is 23.7 Å². The monoisotopic (exact) mass is 482 g/mol. The third-order valence-electron chi connectivity index (χ3n) is 7.22. The number of nitrogens with two attached hydrogens (primary N) is 1. The quantitative estimate of drug-likeness (QED) is 0.290. The Labute approximate surface area is 207 Å². The molecule has 1 saturated heterocycles. The Bertz CT molecular complexity index is 1550. The average molecular weight is 483 g/mol. The molecule has 3 aromatic carbocycles. The molecule has 176 valence electrons. The van der Waals surface area contributed by atoms with Crippen LogP contribution in [0.4, 0.5) is 0 Å². The SMILES string of the molecule is CN1CCC(c2ccc(-c3cnc4c(-c5ccc([SH+](N)=O)c6ccccc56)cnn4c3)cc2)CC1. The zero-order valence-electron chi connectivity index (χ0n) is 19.6. The van der Waals surface area contributed by atoms with Gasteiger partial charge in [-0.2, -0.15) is 5.10 Å². The molecule has 0 spiro atoms. The summed E-state index contributed by atoms with van der Waals surface area (Å²) in [5.41, 5.74) is 6.30. The van der Waals surface area contributed by atoms with Gasteiger partial charge in [-0.15, -0.1) is 5.14 Å². The van der Waals surface area contributed by atoms with E-state index in [2.05, 4.69) is 41.3 Å². The molecule has 5 aromatic rings. The molecule has 3 heterocycles. The van der Waals surface area contributed by atoms with Gasteiger partial charge in [0.15, 0.2) is 21.5 Å². The minimum absolute atomic E-state index is 0.646. The van der Waals surface area contributed by atoms with Crippen molar-refractivity contribution in [3.8, 4) is 22.3 Å². The van der Waals surface area contributed by atoms with Crippen LogP contribution in [0.2, 0.25) is 0 Å². The molecule has 1 fully saturated rings. The fourth-order valence-corrected chi connectivity index (χ4v) is 5.87. The lowest BCUT2D eigenvalue weighted by atomic mass is 9.89. The standard InChI is InChI=1S/C28H27N5OS/c1-32-14-12-21(13-15-32)19-6-8-20(9-7-19)22-16-30-28-26(17-31-33(28)18-22)24-10-11-27(35(29)34)25-5-3-2-4-23(24)25/h2-11,16-18,21H,12-15H2,1H3,(H2,29,34)/p+1. The van der Waals surface area contributed by atoms with Gasteiger partial charge in [0, 0.05) is 28.9 Å². The molecule has 1 aliphatic heterocycles. The number of hydrogen-bond donors (Lipinski definition) is 1. The number of benzene rings is 3. The molecule has 7 heteroatoms. The molecule has 0 aliphatic carbocycles. The molecule has 0 saturated carbocycles. The lowest BCUT2D eigenvalue weighted by Gasteiger charge is -2.29. The van der Waals surface area contributed by atoms with Gasteiger partial charge < -0.3 is 4.90 Å². The average Bonchev–Trinajstić information content (AvgIpc) is 3.31. The number of hydrogen-bond acceptors (Lipinski definition) is 4. The fraction of sp³-hybridized carbons (Fsp3) is 0.214. The number of nitrogens with zero attached hydrogens (tertiary/aromatic N) is 4. The second-order valence-corrected chi connectivity index (χ2v) is 10.5. The van der Waals surface area contributed by atoms with Gasteiger partial charge in [0.1, 0.15) is 0 Å². The molecule has 6 rings (SSSR count). The van der Waals surface area contributed by atoms with Gasteiger partial charge in [-0.1, -0.05) is 46.7 Å². The number of thiol groups is 1. The Morgan fingerprint density at radius 1 is 0.886 bits per heavy atom. The molecule has 2 aromatic heterocycles. The van der Waals surface area contributed by atoms with Crippen LogP contribution in [0.5, 0.6) is 0 Å². The molecule has 0 bridgehead atoms. The van der Waals surface area contributed by atoms with Crippen LogP contribution in [-0.4, -0.2) is 39.6 Å². The zero-order chi connectivity index (χ0) is 23.9. The lowest BCUT2D eigenvalue weighted by molar-refractivity contribution is 0.255. The predicted octanol–water partition coefficient (Wildman–Crippen LogP) is 4.95. The Kier molecular flexibility index (Phi) is 5.68. The smallest absolute Gasteiger partial charge is 0.182 e. The van der Waals surface area contributed by atoms with Crippen molar-refractivity contribution in [1.82, 2.24) is 19.5 Å². The molecule has 0 amide bonds. The highest BCUT2D eigenvalue weighted by Crippen LogP contribution is 2.34. The van der Waals surface area contributed by atoms with Crippen LogP contribution in [0.1, 0.15) is 24.3 Å². The number of aromatic nitrogens is 3. The van der Waals surface area contributed by atoms with Gasteiger partial charge in [-0.3, -0.25) is 0 Å². The topological polar surface area (TPSA) is 76.5 Å². The fourth-order valence-electron chi connectivity index (χ4n) is 5.21. The Morgan fingerprint density at radius 2 is 1.63 bits per heavy atom. The first-order chi connectivity index (χ1) is 17.1. The maximum atomic E-state index is 12.1. The number of piperidine rings is 1. The highest BCUT2D eigenvalue weighted by molar-refractivity contribution is 7.82. The lowest BCUT2D eigenvalue weighted by Crippen LogP contribution is -2.29. The van der Waals surface area contributed by atoms with Crippen LogP contribution in [0.3, 0.4) is 0 Å². The number of rotatable bonds is 4. The molecule has 35 heavy (non-hydrogen) atoms. The third-order valence-corrected chi connectivity index (χ3v) is 8.08. The second-order valence-electron chi connectivity index (χ2n) is 9.37. The normalized spacial score (nSPS) is 16.2. The summed E-state index contributed by atoms with van der Waals surface area (Å²) in [6.07, 6.45) is 8.23. The Hall–Kier alpha value is -3.39. The summed E-state index contributed by atoms with van der Waals surface area (Å²) in [4.78, 5) is 7.86. The van der Waals surface area contributed by atoms with E-state index in [1.165, 1.54) is 18.4 Å².